The zero-order valence-corrected chi connectivity index (χ0v) is 11.9. The minimum atomic E-state index is -3.74. The summed E-state index contributed by atoms with van der Waals surface area (Å²) in [6, 6.07) is 0.785. The van der Waals surface area contributed by atoms with Crippen LogP contribution < -0.4 is 4.72 Å². The number of halogens is 2. The molecule has 0 aliphatic heterocycles. The third kappa shape index (κ3) is 3.64. The van der Waals surface area contributed by atoms with Crippen molar-refractivity contribution in [1.82, 2.24) is 9.71 Å². The lowest BCUT2D eigenvalue weighted by Gasteiger charge is -2.30. The number of nitrogens with one attached hydrogen (secondary N) is 1. The maximum absolute atomic E-state index is 13.0. The van der Waals surface area contributed by atoms with Crippen molar-refractivity contribution >= 4 is 21.6 Å². The molecule has 2 rings (SSSR count). The van der Waals surface area contributed by atoms with Gasteiger partial charge in [0.2, 0.25) is 10.0 Å². The lowest BCUT2D eigenvalue weighted by atomic mass is 9.86. The molecule has 0 bridgehead atoms. The predicted octanol–water partition coefficient (Wildman–Crippen LogP) is 2.30. The van der Waals surface area contributed by atoms with Crippen LogP contribution in [0.5, 0.6) is 0 Å². The topological polar surface area (TPSA) is 59.1 Å². The van der Waals surface area contributed by atoms with Crippen LogP contribution >= 0.6 is 11.6 Å². The number of aromatic nitrogens is 1. The van der Waals surface area contributed by atoms with E-state index in [1.165, 1.54) is 0 Å². The van der Waals surface area contributed by atoms with Crippen LogP contribution in [-0.2, 0) is 10.0 Å². The molecule has 106 valence electrons. The van der Waals surface area contributed by atoms with Crippen molar-refractivity contribution in [2.24, 2.45) is 5.92 Å². The van der Waals surface area contributed by atoms with Crippen molar-refractivity contribution in [2.75, 3.05) is 5.88 Å². The Morgan fingerprint density at radius 2 is 2.11 bits per heavy atom. The number of pyridine rings is 1. The number of sulfonamides is 1. The van der Waals surface area contributed by atoms with Crippen LogP contribution in [0.2, 0.25) is 0 Å². The van der Waals surface area contributed by atoms with E-state index in [9.17, 15) is 12.8 Å². The molecule has 1 fully saturated rings. The highest BCUT2D eigenvalue weighted by atomic mass is 35.5. The molecule has 2 atom stereocenters. The van der Waals surface area contributed by atoms with Gasteiger partial charge in [-0.05, 0) is 24.8 Å². The smallest absolute Gasteiger partial charge is 0.242 e. The SMILES string of the molecule is O=S(=O)(NC1CCCCC1CCl)c1cncc(F)c1. The van der Waals surface area contributed by atoms with E-state index >= 15 is 0 Å². The highest BCUT2D eigenvalue weighted by Crippen LogP contribution is 2.26. The summed E-state index contributed by atoms with van der Waals surface area (Å²) < 4.78 is 40.0. The van der Waals surface area contributed by atoms with E-state index in [0.717, 1.165) is 44.1 Å². The van der Waals surface area contributed by atoms with E-state index in [4.69, 9.17) is 11.6 Å². The fraction of sp³-hybridized carbons (Fsp3) is 0.583. The molecule has 7 heteroatoms. The Morgan fingerprint density at radius 3 is 2.79 bits per heavy atom. The Balaban J connectivity index is 2.16. The summed E-state index contributed by atoms with van der Waals surface area (Å²) in [5.74, 6) is -0.110. The van der Waals surface area contributed by atoms with E-state index in [2.05, 4.69) is 9.71 Å². The van der Waals surface area contributed by atoms with Gasteiger partial charge in [-0.2, -0.15) is 0 Å². The monoisotopic (exact) mass is 306 g/mol. The fourth-order valence-electron chi connectivity index (χ4n) is 2.35. The molecule has 0 aromatic carbocycles. The Bertz CT molecular complexity index is 538. The van der Waals surface area contributed by atoms with Crippen LogP contribution in [-0.4, -0.2) is 25.3 Å². The maximum atomic E-state index is 13.0. The molecule has 1 N–H and O–H groups in total. The summed E-state index contributed by atoms with van der Waals surface area (Å²) in [6.45, 7) is 0. The van der Waals surface area contributed by atoms with E-state index in [1.54, 1.807) is 0 Å². The Kier molecular flexibility index (Phi) is 4.76. The lowest BCUT2D eigenvalue weighted by Crippen LogP contribution is -2.42. The quantitative estimate of drug-likeness (QED) is 0.868. The third-order valence-corrected chi connectivity index (χ3v) is 5.26. The standard InChI is InChI=1S/C12H16ClFN2O2S/c13-6-9-3-1-2-4-12(9)16-19(17,18)11-5-10(14)7-15-8-11/h5,7-9,12,16H,1-4,6H2. The third-order valence-electron chi connectivity index (χ3n) is 3.40. The predicted molar refractivity (Wildman–Crippen MR) is 71.0 cm³/mol. The van der Waals surface area contributed by atoms with E-state index < -0.39 is 15.8 Å². The van der Waals surface area contributed by atoms with Gasteiger partial charge in [-0.25, -0.2) is 17.5 Å². The molecule has 19 heavy (non-hydrogen) atoms. The highest BCUT2D eigenvalue weighted by molar-refractivity contribution is 7.89. The molecular formula is C12H16ClFN2O2S. The van der Waals surface area contributed by atoms with Gasteiger partial charge in [0.1, 0.15) is 10.7 Å². The zero-order chi connectivity index (χ0) is 13.9. The Hall–Kier alpha value is -0.720. The van der Waals surface area contributed by atoms with Crippen LogP contribution in [0, 0.1) is 11.7 Å². The second-order valence-corrected chi connectivity index (χ2v) is 6.79. The molecule has 1 aliphatic rings. The zero-order valence-electron chi connectivity index (χ0n) is 10.4. The maximum Gasteiger partial charge on any atom is 0.242 e. The summed E-state index contributed by atoms with van der Waals surface area (Å²) in [7, 11) is -3.74. The molecule has 0 saturated heterocycles. The minimum absolute atomic E-state index is 0.131. The molecule has 1 aliphatic carbocycles. The number of hydrogen-bond acceptors (Lipinski definition) is 3. The van der Waals surface area contributed by atoms with Crippen molar-refractivity contribution in [2.45, 2.75) is 36.6 Å². The molecule has 0 amide bonds. The fourth-order valence-corrected chi connectivity index (χ4v) is 4.04. The van der Waals surface area contributed by atoms with Crippen molar-refractivity contribution < 1.29 is 12.8 Å². The second-order valence-electron chi connectivity index (χ2n) is 4.77. The summed E-state index contributed by atoms with van der Waals surface area (Å²) in [5, 5.41) is 0. The van der Waals surface area contributed by atoms with Crippen molar-refractivity contribution in [1.29, 1.82) is 0 Å². The van der Waals surface area contributed by atoms with Gasteiger partial charge in [-0.15, -0.1) is 11.6 Å². The first kappa shape index (κ1) is 14.7. The molecule has 0 spiro atoms. The second kappa shape index (κ2) is 6.15. The van der Waals surface area contributed by atoms with Crippen LogP contribution in [0.15, 0.2) is 23.4 Å². The average molecular weight is 307 g/mol. The van der Waals surface area contributed by atoms with Gasteiger partial charge in [-0.3, -0.25) is 4.98 Å². The van der Waals surface area contributed by atoms with Gasteiger partial charge < -0.3 is 0 Å². The van der Waals surface area contributed by atoms with Gasteiger partial charge in [0, 0.05) is 18.1 Å². The lowest BCUT2D eigenvalue weighted by molar-refractivity contribution is 0.314. The molecule has 1 heterocycles. The van der Waals surface area contributed by atoms with Crippen LogP contribution in [0.4, 0.5) is 4.39 Å². The van der Waals surface area contributed by atoms with Gasteiger partial charge in [0.15, 0.2) is 0 Å². The van der Waals surface area contributed by atoms with Gasteiger partial charge in [0.05, 0.1) is 6.20 Å². The molecular weight excluding hydrogens is 291 g/mol. The first-order valence-electron chi connectivity index (χ1n) is 6.22. The van der Waals surface area contributed by atoms with Crippen LogP contribution in [0.25, 0.3) is 0 Å². The largest absolute Gasteiger partial charge is 0.260 e. The number of nitrogens with zero attached hydrogens (tertiary/aromatic N) is 1. The number of hydrogen-bond donors (Lipinski definition) is 1. The normalized spacial score (nSPS) is 24.3. The minimum Gasteiger partial charge on any atom is -0.260 e. The molecule has 2 unspecified atom stereocenters. The number of alkyl halides is 1. The summed E-state index contributed by atoms with van der Waals surface area (Å²) in [5.41, 5.74) is 0. The van der Waals surface area contributed by atoms with E-state index in [1.807, 2.05) is 0 Å². The van der Waals surface area contributed by atoms with Gasteiger partial charge in [-0.1, -0.05) is 12.8 Å². The Morgan fingerprint density at radius 1 is 1.37 bits per heavy atom. The van der Waals surface area contributed by atoms with Crippen molar-refractivity contribution in [3.8, 4) is 0 Å². The summed E-state index contributed by atoms with van der Waals surface area (Å²) in [6.07, 6.45) is 5.84. The van der Waals surface area contributed by atoms with Gasteiger partial charge >= 0.3 is 0 Å². The first-order valence-corrected chi connectivity index (χ1v) is 8.23. The number of rotatable bonds is 4. The van der Waals surface area contributed by atoms with Crippen LogP contribution in [0.3, 0.4) is 0 Å². The average Bonchev–Trinajstić information content (AvgIpc) is 2.39. The molecule has 1 aromatic heterocycles. The first-order chi connectivity index (χ1) is 9.03. The molecule has 4 nitrogen and oxygen atoms in total. The van der Waals surface area contributed by atoms with E-state index in [0.29, 0.717) is 5.88 Å². The van der Waals surface area contributed by atoms with Crippen molar-refractivity contribution in [3.63, 3.8) is 0 Å². The molecule has 0 radical (unpaired) electrons. The van der Waals surface area contributed by atoms with Crippen LogP contribution in [0.1, 0.15) is 25.7 Å². The van der Waals surface area contributed by atoms with Crippen molar-refractivity contribution in [3.05, 3.63) is 24.3 Å². The summed E-state index contributed by atoms with van der Waals surface area (Å²) >= 11 is 5.87. The molecule has 1 aromatic rings. The Labute approximate surface area is 117 Å². The van der Waals surface area contributed by atoms with E-state index in [-0.39, 0.29) is 16.9 Å². The summed E-state index contributed by atoms with van der Waals surface area (Å²) in [4.78, 5) is 3.42. The van der Waals surface area contributed by atoms with Gasteiger partial charge in [0.25, 0.3) is 0 Å². The highest BCUT2D eigenvalue weighted by Gasteiger charge is 2.29. The molecule has 1 saturated carbocycles.